The average molecular weight is 310 g/mol. The van der Waals surface area contributed by atoms with Crippen molar-refractivity contribution in [2.24, 2.45) is 0 Å². The number of hydrogen-bond acceptors (Lipinski definition) is 3. The summed E-state index contributed by atoms with van der Waals surface area (Å²) >= 11 is 0. The molecular weight excluding hydrogens is 275 g/mol. The third-order valence-electron chi connectivity index (χ3n) is 4.68. The quantitative estimate of drug-likeness (QED) is 0.422. The van der Waals surface area contributed by atoms with Gasteiger partial charge in [0.25, 0.3) is 0 Å². The Hall–Kier alpha value is -0.315. The third-order valence-corrected chi connectivity index (χ3v) is 4.68. The lowest BCUT2D eigenvalue weighted by Gasteiger charge is -2.32. The van der Waals surface area contributed by atoms with Gasteiger partial charge in [0, 0.05) is 6.61 Å². The highest BCUT2D eigenvalue weighted by atomic mass is 16.7. The van der Waals surface area contributed by atoms with Crippen molar-refractivity contribution in [3.63, 3.8) is 0 Å². The number of rotatable bonds is 10. The van der Waals surface area contributed by atoms with Crippen molar-refractivity contribution in [2.45, 2.75) is 97.4 Å². The van der Waals surface area contributed by atoms with E-state index in [1.807, 2.05) is 5.98 Å². The van der Waals surface area contributed by atoms with Gasteiger partial charge < -0.3 is 14.0 Å². The summed E-state index contributed by atoms with van der Waals surface area (Å²) < 4.78 is 18.0. The number of unbranched alkanes of at least 4 members (excludes halogenated alkanes) is 3. The monoisotopic (exact) mass is 310 g/mol. The predicted octanol–water partition coefficient (Wildman–Crippen LogP) is 4.94. The molecular formula is C18H35BO3. The molecule has 128 valence electrons. The first-order valence-corrected chi connectivity index (χ1v) is 8.98. The van der Waals surface area contributed by atoms with Crippen LogP contribution in [0.4, 0.5) is 0 Å². The van der Waals surface area contributed by atoms with Crippen LogP contribution in [-0.4, -0.2) is 31.0 Å². The van der Waals surface area contributed by atoms with E-state index in [4.69, 9.17) is 14.0 Å². The minimum atomic E-state index is -0.275. The molecule has 0 aromatic heterocycles. The maximum atomic E-state index is 6.00. The zero-order chi connectivity index (χ0) is 16.6. The summed E-state index contributed by atoms with van der Waals surface area (Å²) in [6.45, 7) is 13.6. The molecule has 1 saturated heterocycles. The van der Waals surface area contributed by atoms with Crippen LogP contribution in [0, 0.1) is 0 Å². The first-order chi connectivity index (χ1) is 10.3. The van der Waals surface area contributed by atoms with E-state index in [0.29, 0.717) is 0 Å². The highest BCUT2D eigenvalue weighted by Gasteiger charge is 2.50. The molecule has 1 atom stereocenters. The van der Waals surface area contributed by atoms with Gasteiger partial charge in [-0.15, -0.1) is 0 Å². The van der Waals surface area contributed by atoms with Gasteiger partial charge in [-0.1, -0.05) is 51.6 Å². The summed E-state index contributed by atoms with van der Waals surface area (Å²) in [5.41, 5.74) is -0.550. The van der Waals surface area contributed by atoms with Crippen LogP contribution in [0.3, 0.4) is 0 Å². The summed E-state index contributed by atoms with van der Waals surface area (Å²) in [7, 11) is -0.270. The molecule has 0 N–H and O–H groups in total. The molecule has 1 aliphatic heterocycles. The minimum absolute atomic E-state index is 0.178. The third kappa shape index (κ3) is 6.06. The standard InChI is InChI=1S/C18H35BO3/c1-7-9-11-12-16(20-15-10-8-2)13-14-19-21-17(3,4)18(5,6)22-19/h13-14,16H,7-12,15H2,1-6H3/b14-13+. The van der Waals surface area contributed by atoms with E-state index in [2.05, 4.69) is 47.6 Å². The smallest absolute Gasteiger partial charge is 0.400 e. The van der Waals surface area contributed by atoms with Crippen molar-refractivity contribution in [1.29, 1.82) is 0 Å². The summed E-state index contributed by atoms with van der Waals surface area (Å²) in [4.78, 5) is 0. The van der Waals surface area contributed by atoms with Gasteiger partial charge in [0.2, 0.25) is 0 Å². The Kier molecular flexibility index (Phi) is 8.16. The van der Waals surface area contributed by atoms with Crippen LogP contribution >= 0.6 is 0 Å². The maximum absolute atomic E-state index is 6.00. The van der Waals surface area contributed by atoms with Gasteiger partial charge in [0.15, 0.2) is 0 Å². The Morgan fingerprint density at radius 1 is 0.955 bits per heavy atom. The zero-order valence-electron chi connectivity index (χ0n) is 15.5. The Morgan fingerprint density at radius 2 is 1.55 bits per heavy atom. The molecule has 0 aromatic carbocycles. The molecule has 1 unspecified atom stereocenters. The SMILES string of the molecule is CCCCCC(/C=C/B1OC(C)(C)C(C)(C)O1)OCCCC. The van der Waals surface area contributed by atoms with Crippen LogP contribution in [0.15, 0.2) is 12.1 Å². The first-order valence-electron chi connectivity index (χ1n) is 8.98. The van der Waals surface area contributed by atoms with Crippen molar-refractivity contribution in [1.82, 2.24) is 0 Å². The largest absolute Gasteiger partial charge is 0.486 e. The Balaban J connectivity index is 2.52. The van der Waals surface area contributed by atoms with E-state index in [0.717, 1.165) is 19.4 Å². The molecule has 1 rings (SSSR count). The summed E-state index contributed by atoms with van der Waals surface area (Å²) in [5, 5.41) is 0. The topological polar surface area (TPSA) is 27.7 Å². The molecule has 1 aliphatic rings. The van der Waals surface area contributed by atoms with Crippen molar-refractivity contribution in [3.05, 3.63) is 12.1 Å². The van der Waals surface area contributed by atoms with Gasteiger partial charge in [0.1, 0.15) is 0 Å². The second-order valence-electron chi connectivity index (χ2n) is 7.27. The van der Waals surface area contributed by atoms with Crippen LogP contribution in [0.2, 0.25) is 0 Å². The van der Waals surface area contributed by atoms with E-state index in [9.17, 15) is 0 Å². The average Bonchev–Trinajstić information content (AvgIpc) is 2.64. The van der Waals surface area contributed by atoms with Gasteiger partial charge in [-0.2, -0.15) is 0 Å². The molecule has 4 heteroatoms. The van der Waals surface area contributed by atoms with Crippen LogP contribution in [-0.2, 0) is 14.0 Å². The molecule has 0 aliphatic carbocycles. The van der Waals surface area contributed by atoms with E-state index in [-0.39, 0.29) is 24.4 Å². The van der Waals surface area contributed by atoms with Crippen LogP contribution in [0.5, 0.6) is 0 Å². The lowest BCUT2D eigenvalue weighted by atomic mass is 9.89. The molecule has 0 bridgehead atoms. The summed E-state index contributed by atoms with van der Waals surface area (Å²) in [6.07, 6.45) is 9.39. The van der Waals surface area contributed by atoms with Crippen molar-refractivity contribution >= 4 is 7.12 Å². The minimum Gasteiger partial charge on any atom is -0.400 e. The van der Waals surface area contributed by atoms with Gasteiger partial charge in [0.05, 0.1) is 17.3 Å². The first kappa shape index (κ1) is 19.7. The Morgan fingerprint density at radius 3 is 2.09 bits per heavy atom. The second-order valence-corrected chi connectivity index (χ2v) is 7.27. The molecule has 0 aromatic rings. The lowest BCUT2D eigenvalue weighted by Crippen LogP contribution is -2.41. The van der Waals surface area contributed by atoms with E-state index < -0.39 is 0 Å². The Labute approximate surface area is 137 Å². The predicted molar refractivity (Wildman–Crippen MR) is 94.0 cm³/mol. The number of hydrogen-bond donors (Lipinski definition) is 0. The van der Waals surface area contributed by atoms with E-state index in [1.165, 1.54) is 25.7 Å². The highest BCUT2D eigenvalue weighted by molar-refractivity contribution is 6.51. The molecule has 0 amide bonds. The molecule has 22 heavy (non-hydrogen) atoms. The molecule has 1 fully saturated rings. The summed E-state index contributed by atoms with van der Waals surface area (Å²) in [5.74, 6) is 2.03. The lowest BCUT2D eigenvalue weighted by molar-refractivity contribution is 0.00578. The summed E-state index contributed by atoms with van der Waals surface area (Å²) in [6, 6.07) is 0. The van der Waals surface area contributed by atoms with Crippen LogP contribution in [0.1, 0.15) is 80.1 Å². The maximum Gasteiger partial charge on any atom is 0.486 e. The number of ether oxygens (including phenoxy) is 1. The van der Waals surface area contributed by atoms with E-state index >= 15 is 0 Å². The fourth-order valence-electron chi connectivity index (χ4n) is 2.39. The van der Waals surface area contributed by atoms with Gasteiger partial charge in [-0.05, 0) is 40.5 Å². The zero-order valence-corrected chi connectivity index (χ0v) is 15.5. The van der Waals surface area contributed by atoms with Crippen LogP contribution < -0.4 is 0 Å². The molecule has 0 radical (unpaired) electrons. The van der Waals surface area contributed by atoms with Crippen molar-refractivity contribution in [2.75, 3.05) is 6.61 Å². The molecule has 3 nitrogen and oxygen atoms in total. The molecule has 0 saturated carbocycles. The Bertz CT molecular complexity index is 313. The van der Waals surface area contributed by atoms with Crippen LogP contribution in [0.25, 0.3) is 0 Å². The van der Waals surface area contributed by atoms with Crippen molar-refractivity contribution in [3.8, 4) is 0 Å². The van der Waals surface area contributed by atoms with Gasteiger partial charge in [-0.3, -0.25) is 0 Å². The van der Waals surface area contributed by atoms with E-state index in [1.54, 1.807) is 0 Å². The van der Waals surface area contributed by atoms with Crippen molar-refractivity contribution < 1.29 is 14.0 Å². The highest BCUT2D eigenvalue weighted by Crippen LogP contribution is 2.36. The van der Waals surface area contributed by atoms with Gasteiger partial charge >= 0.3 is 7.12 Å². The molecule has 1 heterocycles. The van der Waals surface area contributed by atoms with Gasteiger partial charge in [-0.25, -0.2) is 0 Å². The second kappa shape index (κ2) is 9.10. The fourth-order valence-corrected chi connectivity index (χ4v) is 2.39. The molecule has 0 spiro atoms. The normalized spacial score (nSPS) is 21.6. The fraction of sp³-hybridized carbons (Fsp3) is 0.889.